The van der Waals surface area contributed by atoms with Gasteiger partial charge < -0.3 is 15.0 Å². The highest BCUT2D eigenvalue weighted by Gasteiger charge is 2.39. The Morgan fingerprint density at radius 2 is 1.65 bits per heavy atom. The second kappa shape index (κ2) is 9.44. The van der Waals surface area contributed by atoms with Crippen LogP contribution in [0.1, 0.15) is 44.4 Å². The molecule has 0 aliphatic rings. The summed E-state index contributed by atoms with van der Waals surface area (Å²) >= 11 is 0. The summed E-state index contributed by atoms with van der Waals surface area (Å²) in [5.74, 6) is 0.311. The summed E-state index contributed by atoms with van der Waals surface area (Å²) in [6.45, 7) is 10.8. The molecule has 2 aromatic carbocycles. The number of hydrogen-bond donors (Lipinski definition) is 1. The average Bonchev–Trinajstić information content (AvgIpc) is 2.66. The topological polar surface area (TPSA) is 56.8 Å². The van der Waals surface area contributed by atoms with E-state index in [1.54, 1.807) is 0 Å². The van der Waals surface area contributed by atoms with Gasteiger partial charge in [0.25, 0.3) is 0 Å². The van der Waals surface area contributed by atoms with E-state index in [9.17, 15) is 13.2 Å². The van der Waals surface area contributed by atoms with Gasteiger partial charge in [0.1, 0.15) is 12.9 Å². The fourth-order valence-electron chi connectivity index (χ4n) is 2.87. The summed E-state index contributed by atoms with van der Waals surface area (Å²) in [6, 6.07) is 12.7. The van der Waals surface area contributed by atoms with Crippen LogP contribution in [0, 0.1) is 0 Å². The van der Waals surface area contributed by atoms with E-state index in [0.29, 0.717) is 17.8 Å². The molecule has 4 nitrogen and oxygen atoms in total. The van der Waals surface area contributed by atoms with Crippen molar-refractivity contribution < 1.29 is 22.4 Å². The molecule has 0 saturated heterocycles. The van der Waals surface area contributed by atoms with Gasteiger partial charge in [-0.1, -0.05) is 56.3 Å². The predicted octanol–water partition coefficient (Wildman–Crippen LogP) is 6.74. The summed E-state index contributed by atoms with van der Waals surface area (Å²) in [5, 5.41) is 3.81. The van der Waals surface area contributed by atoms with Gasteiger partial charge in [-0.3, -0.25) is 0 Å². The molecule has 8 heteroatoms. The standard InChI is InChI=1S/C23H31F3N2O2Si/c1-22(2,3)31(5,6)30-20(15-21(27)28-29-4)18-9-7-8-17(14-18)16-10-12-19(13-11-16)23(24,25)26/h7-14,20H,15H2,1-6H3,(H2,27,28). The van der Waals surface area contributed by atoms with Gasteiger partial charge in [0.05, 0.1) is 11.7 Å². The molecule has 0 spiro atoms. The van der Waals surface area contributed by atoms with E-state index < -0.39 is 20.1 Å². The zero-order valence-electron chi connectivity index (χ0n) is 18.9. The molecule has 0 aliphatic heterocycles. The molecule has 0 amide bonds. The fraction of sp³-hybridized carbons (Fsp3) is 0.435. The maximum absolute atomic E-state index is 12.9. The lowest BCUT2D eigenvalue weighted by Gasteiger charge is -2.39. The van der Waals surface area contributed by atoms with Crippen molar-refractivity contribution in [2.45, 2.75) is 57.6 Å². The molecule has 2 N–H and O–H groups in total. The van der Waals surface area contributed by atoms with Crippen LogP contribution in [0.4, 0.5) is 13.2 Å². The molecule has 0 aliphatic carbocycles. The third-order valence-electron chi connectivity index (χ3n) is 5.65. The van der Waals surface area contributed by atoms with Crippen molar-refractivity contribution in [3.63, 3.8) is 0 Å². The third kappa shape index (κ3) is 6.58. The molecule has 0 fully saturated rings. The molecule has 1 atom stereocenters. The Morgan fingerprint density at radius 3 is 2.16 bits per heavy atom. The van der Waals surface area contributed by atoms with Crippen LogP contribution in [-0.4, -0.2) is 21.3 Å². The lowest BCUT2D eigenvalue weighted by atomic mass is 9.98. The largest absolute Gasteiger partial charge is 0.416 e. The van der Waals surface area contributed by atoms with Gasteiger partial charge in [0.15, 0.2) is 8.32 Å². The van der Waals surface area contributed by atoms with Crippen LogP contribution >= 0.6 is 0 Å². The van der Waals surface area contributed by atoms with Crippen LogP contribution in [-0.2, 0) is 15.4 Å². The highest BCUT2D eigenvalue weighted by molar-refractivity contribution is 6.74. The molecule has 0 aromatic heterocycles. The normalized spacial score (nSPS) is 14.4. The highest BCUT2D eigenvalue weighted by atomic mass is 28.4. The first-order valence-electron chi connectivity index (χ1n) is 10.1. The zero-order chi connectivity index (χ0) is 23.4. The van der Waals surface area contributed by atoms with E-state index in [2.05, 4.69) is 39.0 Å². The summed E-state index contributed by atoms with van der Waals surface area (Å²) in [6.07, 6.45) is -4.37. The van der Waals surface area contributed by atoms with Gasteiger partial charge in [-0.2, -0.15) is 13.2 Å². The molecule has 0 saturated carbocycles. The Labute approximate surface area is 183 Å². The van der Waals surface area contributed by atoms with Gasteiger partial charge in [0, 0.05) is 6.42 Å². The molecule has 0 radical (unpaired) electrons. The smallest absolute Gasteiger partial charge is 0.409 e. The minimum atomic E-state index is -4.36. The molecule has 170 valence electrons. The molecule has 2 aromatic rings. The Bertz CT molecular complexity index is 904. The first kappa shape index (κ1) is 24.9. The van der Waals surface area contributed by atoms with E-state index in [-0.39, 0.29) is 11.1 Å². The molecule has 0 bridgehead atoms. The van der Waals surface area contributed by atoms with Crippen molar-refractivity contribution in [1.82, 2.24) is 0 Å². The van der Waals surface area contributed by atoms with E-state index >= 15 is 0 Å². The Balaban J connectivity index is 2.41. The van der Waals surface area contributed by atoms with Gasteiger partial charge in [-0.25, -0.2) is 0 Å². The monoisotopic (exact) mass is 452 g/mol. The first-order chi connectivity index (χ1) is 14.2. The molecule has 2 rings (SSSR count). The first-order valence-corrected chi connectivity index (χ1v) is 13.0. The minimum Gasteiger partial charge on any atom is -0.409 e. The van der Waals surface area contributed by atoms with E-state index in [0.717, 1.165) is 23.3 Å². The Morgan fingerprint density at radius 1 is 1.03 bits per heavy atom. The van der Waals surface area contributed by atoms with Crippen LogP contribution in [0.3, 0.4) is 0 Å². The number of alkyl halides is 3. The summed E-state index contributed by atoms with van der Waals surface area (Å²) in [7, 11) is -0.710. The lowest BCUT2D eigenvalue weighted by molar-refractivity contribution is -0.137. The maximum Gasteiger partial charge on any atom is 0.416 e. The van der Waals surface area contributed by atoms with Crippen LogP contribution < -0.4 is 5.73 Å². The predicted molar refractivity (Wildman–Crippen MR) is 121 cm³/mol. The summed E-state index contributed by atoms with van der Waals surface area (Å²) in [5.41, 5.74) is 7.72. The van der Waals surface area contributed by atoms with Crippen LogP contribution in [0.15, 0.2) is 53.7 Å². The number of halogens is 3. The maximum atomic E-state index is 12.9. The van der Waals surface area contributed by atoms with E-state index in [1.807, 2.05) is 24.3 Å². The summed E-state index contributed by atoms with van der Waals surface area (Å²) < 4.78 is 45.3. The van der Waals surface area contributed by atoms with Gasteiger partial charge in [-0.05, 0) is 53.0 Å². The molecule has 1 unspecified atom stereocenters. The van der Waals surface area contributed by atoms with Crippen molar-refractivity contribution in [2.75, 3.05) is 7.11 Å². The average molecular weight is 453 g/mol. The fourth-order valence-corrected chi connectivity index (χ4v) is 4.16. The minimum absolute atomic E-state index is 0.0105. The third-order valence-corrected chi connectivity index (χ3v) is 10.1. The SMILES string of the molecule is CO/N=C(\N)CC(O[Si](C)(C)C(C)(C)C)c1cccc(-c2ccc(C(F)(F)F)cc2)c1. The van der Waals surface area contributed by atoms with Crippen molar-refractivity contribution in [3.8, 4) is 11.1 Å². The Kier molecular flexibility index (Phi) is 7.60. The molecule has 0 heterocycles. The van der Waals surface area contributed by atoms with E-state index in [4.69, 9.17) is 15.0 Å². The Hall–Kier alpha value is -2.32. The summed E-state index contributed by atoms with van der Waals surface area (Å²) in [4.78, 5) is 4.80. The lowest BCUT2D eigenvalue weighted by Crippen LogP contribution is -2.42. The number of oxime groups is 1. The second-order valence-corrected chi connectivity index (χ2v) is 13.8. The highest BCUT2D eigenvalue weighted by Crippen LogP contribution is 2.41. The second-order valence-electron chi connectivity index (χ2n) is 9.04. The van der Waals surface area contributed by atoms with Crippen LogP contribution in [0.2, 0.25) is 18.1 Å². The quantitative estimate of drug-likeness (QED) is 0.219. The number of rotatable bonds is 7. The van der Waals surface area contributed by atoms with Gasteiger partial charge in [0.2, 0.25) is 0 Å². The van der Waals surface area contributed by atoms with Crippen molar-refractivity contribution in [1.29, 1.82) is 0 Å². The van der Waals surface area contributed by atoms with Crippen LogP contribution in [0.25, 0.3) is 11.1 Å². The van der Waals surface area contributed by atoms with Crippen LogP contribution in [0.5, 0.6) is 0 Å². The van der Waals surface area contributed by atoms with Gasteiger partial charge >= 0.3 is 6.18 Å². The zero-order valence-corrected chi connectivity index (χ0v) is 19.9. The van der Waals surface area contributed by atoms with Crippen molar-refractivity contribution in [2.24, 2.45) is 10.9 Å². The molecular weight excluding hydrogens is 421 g/mol. The number of nitrogens with two attached hydrogens (primary N) is 1. The number of hydrogen-bond acceptors (Lipinski definition) is 3. The van der Waals surface area contributed by atoms with Crippen molar-refractivity contribution in [3.05, 3.63) is 59.7 Å². The molecular formula is C23H31F3N2O2Si. The van der Waals surface area contributed by atoms with E-state index in [1.165, 1.54) is 19.2 Å². The van der Waals surface area contributed by atoms with Gasteiger partial charge in [-0.15, -0.1) is 0 Å². The molecule has 31 heavy (non-hydrogen) atoms. The number of benzene rings is 2. The van der Waals surface area contributed by atoms with Crippen molar-refractivity contribution >= 4 is 14.2 Å². The number of nitrogens with zero attached hydrogens (tertiary/aromatic N) is 1. The number of amidine groups is 1.